The molecule has 0 aliphatic rings. The molecule has 0 aliphatic heterocycles. The average molecular weight is 280 g/mol. The van der Waals surface area contributed by atoms with E-state index < -0.39 is 29.4 Å². The van der Waals surface area contributed by atoms with E-state index in [9.17, 15) is 18.0 Å². The monoisotopic (exact) mass is 280 g/mol. The molecule has 3 N–H and O–H groups in total. The van der Waals surface area contributed by atoms with Crippen LogP contribution in [0.2, 0.25) is 0 Å². The zero-order valence-corrected chi connectivity index (χ0v) is 10.2. The number of hydrogen-bond donors (Lipinski definition) is 2. The lowest BCUT2D eigenvalue weighted by molar-refractivity contribution is -0.118. The zero-order chi connectivity index (χ0) is 14.7. The Morgan fingerprint density at radius 3 is 2.30 bits per heavy atom. The molecule has 0 radical (unpaired) electrons. The number of benzene rings is 2. The maximum absolute atomic E-state index is 13.5. The molecule has 2 aromatic carbocycles. The van der Waals surface area contributed by atoms with Crippen LogP contribution in [0.1, 0.15) is 11.6 Å². The zero-order valence-electron chi connectivity index (χ0n) is 10.2. The SMILES string of the molecule is NC(=O)C(Nc1ccccc1F)c1ccc(F)c(F)c1. The number of amides is 1. The minimum Gasteiger partial charge on any atom is -0.368 e. The van der Waals surface area contributed by atoms with Gasteiger partial charge in [0.1, 0.15) is 11.9 Å². The normalized spacial score (nSPS) is 11.9. The van der Waals surface area contributed by atoms with Crippen molar-refractivity contribution in [1.82, 2.24) is 0 Å². The minimum atomic E-state index is -1.16. The Balaban J connectivity index is 2.34. The van der Waals surface area contributed by atoms with Gasteiger partial charge in [0.25, 0.3) is 0 Å². The molecular formula is C14H11F3N2O. The largest absolute Gasteiger partial charge is 0.368 e. The summed E-state index contributed by atoms with van der Waals surface area (Å²) in [5, 5.41) is 2.57. The van der Waals surface area contributed by atoms with E-state index in [1.165, 1.54) is 24.3 Å². The van der Waals surface area contributed by atoms with Gasteiger partial charge in [-0.2, -0.15) is 0 Å². The highest BCUT2D eigenvalue weighted by molar-refractivity contribution is 5.84. The van der Waals surface area contributed by atoms with E-state index in [0.717, 1.165) is 12.1 Å². The van der Waals surface area contributed by atoms with Gasteiger partial charge in [0.2, 0.25) is 5.91 Å². The molecule has 0 fully saturated rings. The number of halogens is 3. The molecule has 0 aromatic heterocycles. The van der Waals surface area contributed by atoms with Crippen molar-refractivity contribution >= 4 is 11.6 Å². The summed E-state index contributed by atoms with van der Waals surface area (Å²) in [6.45, 7) is 0. The van der Waals surface area contributed by atoms with Crippen molar-refractivity contribution in [3.05, 3.63) is 65.5 Å². The highest BCUT2D eigenvalue weighted by Gasteiger charge is 2.20. The van der Waals surface area contributed by atoms with Gasteiger partial charge in [-0.05, 0) is 29.8 Å². The number of nitrogens with two attached hydrogens (primary N) is 1. The average Bonchev–Trinajstić information content (AvgIpc) is 2.41. The number of hydrogen-bond acceptors (Lipinski definition) is 2. The highest BCUT2D eigenvalue weighted by Crippen LogP contribution is 2.23. The summed E-state index contributed by atoms with van der Waals surface area (Å²) >= 11 is 0. The fraction of sp³-hybridized carbons (Fsp3) is 0.0714. The van der Waals surface area contributed by atoms with E-state index in [4.69, 9.17) is 5.73 Å². The van der Waals surface area contributed by atoms with Gasteiger partial charge < -0.3 is 11.1 Å². The molecule has 0 spiro atoms. The van der Waals surface area contributed by atoms with Gasteiger partial charge in [-0.25, -0.2) is 13.2 Å². The van der Waals surface area contributed by atoms with Gasteiger partial charge in [0, 0.05) is 0 Å². The van der Waals surface area contributed by atoms with Crippen LogP contribution in [0, 0.1) is 17.5 Å². The van der Waals surface area contributed by atoms with Gasteiger partial charge in [0.15, 0.2) is 11.6 Å². The number of anilines is 1. The van der Waals surface area contributed by atoms with Crippen molar-refractivity contribution in [2.24, 2.45) is 5.73 Å². The molecule has 1 atom stereocenters. The summed E-state index contributed by atoms with van der Waals surface area (Å²) in [4.78, 5) is 11.4. The van der Waals surface area contributed by atoms with Crippen molar-refractivity contribution < 1.29 is 18.0 Å². The number of primary amides is 1. The van der Waals surface area contributed by atoms with Crippen molar-refractivity contribution in [3.8, 4) is 0 Å². The lowest BCUT2D eigenvalue weighted by Crippen LogP contribution is -2.28. The molecule has 0 saturated heterocycles. The molecule has 2 aromatic rings. The fourth-order valence-electron chi connectivity index (χ4n) is 1.74. The molecule has 6 heteroatoms. The van der Waals surface area contributed by atoms with E-state index in [-0.39, 0.29) is 11.3 Å². The van der Waals surface area contributed by atoms with E-state index in [0.29, 0.717) is 0 Å². The quantitative estimate of drug-likeness (QED) is 0.904. The first kappa shape index (κ1) is 13.9. The number of para-hydroxylation sites is 1. The van der Waals surface area contributed by atoms with E-state index >= 15 is 0 Å². The summed E-state index contributed by atoms with van der Waals surface area (Å²) in [5.74, 6) is -3.56. The van der Waals surface area contributed by atoms with Gasteiger partial charge in [-0.3, -0.25) is 4.79 Å². The Bertz CT molecular complexity index is 646. The standard InChI is InChI=1S/C14H11F3N2O/c15-9-6-5-8(7-11(9)17)13(14(18)20)19-12-4-2-1-3-10(12)16/h1-7,13,19H,(H2,18,20). The summed E-state index contributed by atoms with van der Waals surface area (Å²) in [6.07, 6.45) is 0. The Morgan fingerprint density at radius 1 is 1.00 bits per heavy atom. The van der Waals surface area contributed by atoms with Gasteiger partial charge in [-0.1, -0.05) is 18.2 Å². The minimum absolute atomic E-state index is 0.0426. The molecule has 1 amide bonds. The number of rotatable bonds is 4. The predicted molar refractivity (Wildman–Crippen MR) is 68.3 cm³/mol. The van der Waals surface area contributed by atoms with Crippen LogP contribution in [0.25, 0.3) is 0 Å². The third-order valence-electron chi connectivity index (χ3n) is 2.74. The van der Waals surface area contributed by atoms with E-state index in [1.54, 1.807) is 6.07 Å². The van der Waals surface area contributed by atoms with E-state index in [2.05, 4.69) is 5.32 Å². The van der Waals surface area contributed by atoms with Crippen LogP contribution in [-0.2, 0) is 4.79 Å². The van der Waals surface area contributed by atoms with Crippen LogP contribution < -0.4 is 11.1 Å². The molecule has 2 rings (SSSR count). The summed E-state index contributed by atoms with van der Waals surface area (Å²) in [5.41, 5.74) is 5.37. The number of carbonyl (C=O) groups excluding carboxylic acids is 1. The maximum atomic E-state index is 13.5. The molecule has 3 nitrogen and oxygen atoms in total. The van der Waals surface area contributed by atoms with Gasteiger partial charge in [0.05, 0.1) is 5.69 Å². The molecule has 0 bridgehead atoms. The maximum Gasteiger partial charge on any atom is 0.244 e. The number of nitrogens with one attached hydrogen (secondary N) is 1. The smallest absolute Gasteiger partial charge is 0.244 e. The van der Waals surface area contributed by atoms with Crippen molar-refractivity contribution in [2.45, 2.75) is 6.04 Å². The molecule has 1 unspecified atom stereocenters. The second-order valence-corrected chi connectivity index (χ2v) is 4.13. The second-order valence-electron chi connectivity index (χ2n) is 4.13. The second kappa shape index (κ2) is 5.64. The fourth-order valence-corrected chi connectivity index (χ4v) is 1.74. The highest BCUT2D eigenvalue weighted by atomic mass is 19.2. The molecule has 104 valence electrons. The molecule has 20 heavy (non-hydrogen) atoms. The first-order chi connectivity index (χ1) is 9.49. The molecular weight excluding hydrogens is 269 g/mol. The Kier molecular flexibility index (Phi) is 3.93. The molecule has 0 saturated carbocycles. The molecule has 0 heterocycles. The van der Waals surface area contributed by atoms with Crippen LogP contribution in [0.5, 0.6) is 0 Å². The molecule has 0 aliphatic carbocycles. The topological polar surface area (TPSA) is 55.1 Å². The summed E-state index contributed by atoms with van der Waals surface area (Å²) in [6, 6.07) is 7.43. The van der Waals surface area contributed by atoms with Crippen LogP contribution in [0.4, 0.5) is 18.9 Å². The van der Waals surface area contributed by atoms with Crippen LogP contribution >= 0.6 is 0 Å². The van der Waals surface area contributed by atoms with Gasteiger partial charge in [-0.15, -0.1) is 0 Å². The predicted octanol–water partition coefficient (Wildman–Crippen LogP) is 2.74. The van der Waals surface area contributed by atoms with Crippen LogP contribution in [0.3, 0.4) is 0 Å². The summed E-state index contributed by atoms with van der Waals surface area (Å²) < 4.78 is 39.6. The lowest BCUT2D eigenvalue weighted by Gasteiger charge is -2.17. The summed E-state index contributed by atoms with van der Waals surface area (Å²) in [7, 11) is 0. The third kappa shape index (κ3) is 2.90. The van der Waals surface area contributed by atoms with Crippen molar-refractivity contribution in [2.75, 3.05) is 5.32 Å². The Morgan fingerprint density at radius 2 is 1.70 bits per heavy atom. The number of carbonyl (C=O) groups is 1. The third-order valence-corrected chi connectivity index (χ3v) is 2.74. The van der Waals surface area contributed by atoms with Gasteiger partial charge >= 0.3 is 0 Å². The van der Waals surface area contributed by atoms with Crippen molar-refractivity contribution in [1.29, 1.82) is 0 Å². The Labute approximate surface area is 113 Å². The Hall–Kier alpha value is -2.50. The first-order valence-electron chi connectivity index (χ1n) is 5.74. The van der Waals surface area contributed by atoms with E-state index in [1.807, 2.05) is 0 Å². The lowest BCUT2D eigenvalue weighted by atomic mass is 10.1. The van der Waals surface area contributed by atoms with Crippen molar-refractivity contribution in [3.63, 3.8) is 0 Å². The first-order valence-corrected chi connectivity index (χ1v) is 5.74. The van der Waals surface area contributed by atoms with Crippen LogP contribution in [0.15, 0.2) is 42.5 Å². The van der Waals surface area contributed by atoms with Crippen LogP contribution in [-0.4, -0.2) is 5.91 Å².